The highest BCUT2D eigenvalue weighted by atomic mass is 16.5. The number of hydrogen-bond donors (Lipinski definition) is 1. The van der Waals surface area contributed by atoms with Gasteiger partial charge in [0.25, 0.3) is 0 Å². The molecule has 1 aliphatic heterocycles. The quantitative estimate of drug-likeness (QED) is 0.890. The largest absolute Gasteiger partial charge is 0.494 e. The molecule has 1 fully saturated rings. The highest BCUT2D eigenvalue weighted by Crippen LogP contribution is 2.28. The van der Waals surface area contributed by atoms with Crippen molar-refractivity contribution in [2.75, 3.05) is 40.3 Å². The van der Waals surface area contributed by atoms with Gasteiger partial charge in [-0.05, 0) is 27.1 Å². The van der Waals surface area contributed by atoms with E-state index >= 15 is 0 Å². The number of ether oxygens (including phenoxy) is 1. The number of likely N-dealkylation sites (N-methyl/N-ethyl adjacent to an activating group) is 2. The Labute approximate surface area is 116 Å². The minimum atomic E-state index is -0.0181. The maximum atomic E-state index is 6.51. The zero-order valence-corrected chi connectivity index (χ0v) is 12.2. The van der Waals surface area contributed by atoms with E-state index in [4.69, 9.17) is 10.5 Å². The molecular weight excluding hydrogens is 238 g/mol. The van der Waals surface area contributed by atoms with E-state index in [-0.39, 0.29) is 6.04 Å². The molecule has 0 aromatic heterocycles. The fraction of sp³-hybridized carbons (Fsp3) is 0.600. The summed E-state index contributed by atoms with van der Waals surface area (Å²) in [5.41, 5.74) is 7.61. The fourth-order valence-corrected chi connectivity index (χ4v) is 2.68. The summed E-state index contributed by atoms with van der Waals surface area (Å²) in [5.74, 6) is 0.916. The van der Waals surface area contributed by atoms with E-state index in [1.165, 1.54) is 0 Å². The van der Waals surface area contributed by atoms with E-state index in [0.717, 1.165) is 30.9 Å². The molecule has 2 atom stereocenters. The molecule has 0 spiro atoms. The molecule has 4 heteroatoms. The van der Waals surface area contributed by atoms with Gasteiger partial charge >= 0.3 is 0 Å². The van der Waals surface area contributed by atoms with Crippen molar-refractivity contribution in [2.24, 2.45) is 5.73 Å². The van der Waals surface area contributed by atoms with Gasteiger partial charge < -0.3 is 15.4 Å². The van der Waals surface area contributed by atoms with E-state index in [1.54, 1.807) is 0 Å². The van der Waals surface area contributed by atoms with Gasteiger partial charge in [0, 0.05) is 31.2 Å². The molecule has 1 heterocycles. The summed E-state index contributed by atoms with van der Waals surface area (Å²) >= 11 is 0. The van der Waals surface area contributed by atoms with E-state index in [0.29, 0.717) is 12.6 Å². The average molecular weight is 263 g/mol. The molecule has 0 radical (unpaired) electrons. The summed E-state index contributed by atoms with van der Waals surface area (Å²) in [7, 11) is 4.31. The second-order valence-corrected chi connectivity index (χ2v) is 5.31. The van der Waals surface area contributed by atoms with Crippen LogP contribution in [0.3, 0.4) is 0 Å². The van der Waals surface area contributed by atoms with Crippen LogP contribution >= 0.6 is 0 Å². The third kappa shape index (κ3) is 3.26. The van der Waals surface area contributed by atoms with Gasteiger partial charge in [-0.2, -0.15) is 0 Å². The molecule has 0 saturated carbocycles. The third-order valence-corrected chi connectivity index (χ3v) is 3.89. The summed E-state index contributed by atoms with van der Waals surface area (Å²) < 4.78 is 5.70. The predicted molar refractivity (Wildman–Crippen MR) is 78.5 cm³/mol. The van der Waals surface area contributed by atoms with Gasteiger partial charge in [-0.25, -0.2) is 0 Å². The maximum Gasteiger partial charge on any atom is 0.124 e. The molecule has 2 unspecified atom stereocenters. The second-order valence-electron chi connectivity index (χ2n) is 5.31. The first kappa shape index (κ1) is 14.3. The number of rotatable bonds is 4. The minimum absolute atomic E-state index is 0.0181. The number of para-hydroxylation sites is 1. The summed E-state index contributed by atoms with van der Waals surface area (Å²) in [6, 6.07) is 8.43. The van der Waals surface area contributed by atoms with Crippen molar-refractivity contribution >= 4 is 0 Å². The second kappa shape index (κ2) is 6.37. The van der Waals surface area contributed by atoms with E-state index in [9.17, 15) is 0 Å². The van der Waals surface area contributed by atoms with E-state index in [1.807, 2.05) is 25.1 Å². The Bertz CT molecular complexity index is 410. The molecule has 4 nitrogen and oxygen atoms in total. The van der Waals surface area contributed by atoms with Crippen molar-refractivity contribution in [1.82, 2.24) is 9.80 Å². The molecule has 2 N–H and O–H groups in total. The molecular formula is C15H25N3O. The predicted octanol–water partition coefficient (Wildman–Crippen LogP) is 1.33. The molecule has 106 valence electrons. The topological polar surface area (TPSA) is 41.7 Å². The Hall–Kier alpha value is -1.10. The molecule has 2 rings (SSSR count). The van der Waals surface area contributed by atoms with Crippen LogP contribution in [0, 0.1) is 0 Å². The lowest BCUT2D eigenvalue weighted by Crippen LogP contribution is -2.54. The highest BCUT2D eigenvalue weighted by molar-refractivity contribution is 5.36. The Kier molecular flexibility index (Phi) is 4.80. The molecule has 0 aliphatic carbocycles. The fourth-order valence-electron chi connectivity index (χ4n) is 2.68. The Morgan fingerprint density at radius 2 is 2.05 bits per heavy atom. The summed E-state index contributed by atoms with van der Waals surface area (Å²) in [5, 5.41) is 0. The van der Waals surface area contributed by atoms with E-state index < -0.39 is 0 Å². The van der Waals surface area contributed by atoms with Crippen LogP contribution in [0.5, 0.6) is 5.75 Å². The lowest BCUT2D eigenvalue weighted by Gasteiger charge is -2.41. The first-order valence-corrected chi connectivity index (χ1v) is 6.99. The minimum Gasteiger partial charge on any atom is -0.494 e. The third-order valence-electron chi connectivity index (χ3n) is 3.89. The molecule has 1 saturated heterocycles. The lowest BCUT2D eigenvalue weighted by molar-refractivity contribution is 0.0966. The summed E-state index contributed by atoms with van der Waals surface area (Å²) in [4.78, 5) is 4.70. The first-order chi connectivity index (χ1) is 9.13. The van der Waals surface area contributed by atoms with Crippen LogP contribution in [0.25, 0.3) is 0 Å². The van der Waals surface area contributed by atoms with Crippen molar-refractivity contribution in [1.29, 1.82) is 0 Å². The van der Waals surface area contributed by atoms with Gasteiger partial charge in [-0.3, -0.25) is 4.90 Å². The standard InChI is InChI=1S/C15H25N3O/c1-4-19-14-8-6-5-7-12(14)15(16)13-11-17(2)9-10-18(13)3/h5-8,13,15H,4,9-11,16H2,1-3H3. The van der Waals surface area contributed by atoms with Crippen molar-refractivity contribution in [3.05, 3.63) is 29.8 Å². The molecule has 1 aromatic carbocycles. The van der Waals surface area contributed by atoms with Crippen molar-refractivity contribution in [2.45, 2.75) is 19.0 Å². The van der Waals surface area contributed by atoms with Gasteiger partial charge in [0.2, 0.25) is 0 Å². The van der Waals surface area contributed by atoms with Crippen LogP contribution in [-0.4, -0.2) is 56.2 Å². The Morgan fingerprint density at radius 1 is 1.32 bits per heavy atom. The Balaban J connectivity index is 2.20. The number of nitrogens with zero attached hydrogens (tertiary/aromatic N) is 2. The summed E-state index contributed by atoms with van der Waals surface area (Å²) in [6.07, 6.45) is 0. The van der Waals surface area contributed by atoms with Gasteiger partial charge in [0.15, 0.2) is 0 Å². The maximum absolute atomic E-state index is 6.51. The number of benzene rings is 1. The zero-order chi connectivity index (χ0) is 13.8. The van der Waals surface area contributed by atoms with Gasteiger partial charge in [-0.1, -0.05) is 18.2 Å². The first-order valence-electron chi connectivity index (χ1n) is 6.99. The summed E-state index contributed by atoms with van der Waals surface area (Å²) in [6.45, 7) is 5.84. The van der Waals surface area contributed by atoms with Crippen molar-refractivity contribution < 1.29 is 4.74 Å². The zero-order valence-electron chi connectivity index (χ0n) is 12.2. The van der Waals surface area contributed by atoms with Crippen LogP contribution < -0.4 is 10.5 Å². The van der Waals surface area contributed by atoms with Crippen LogP contribution in [0.15, 0.2) is 24.3 Å². The molecule has 1 aromatic rings. The van der Waals surface area contributed by atoms with Crippen LogP contribution in [0.4, 0.5) is 0 Å². The van der Waals surface area contributed by atoms with Crippen molar-refractivity contribution in [3.63, 3.8) is 0 Å². The molecule has 0 amide bonds. The van der Waals surface area contributed by atoms with Crippen LogP contribution in [0.2, 0.25) is 0 Å². The number of hydrogen-bond acceptors (Lipinski definition) is 4. The van der Waals surface area contributed by atoms with Gasteiger partial charge in [0.1, 0.15) is 5.75 Å². The SMILES string of the molecule is CCOc1ccccc1C(N)C1CN(C)CCN1C. The monoisotopic (exact) mass is 263 g/mol. The highest BCUT2D eigenvalue weighted by Gasteiger charge is 2.29. The lowest BCUT2D eigenvalue weighted by atomic mass is 9.96. The van der Waals surface area contributed by atoms with Crippen molar-refractivity contribution in [3.8, 4) is 5.75 Å². The van der Waals surface area contributed by atoms with Gasteiger partial charge in [0.05, 0.1) is 12.6 Å². The van der Waals surface area contributed by atoms with Crippen LogP contribution in [0.1, 0.15) is 18.5 Å². The van der Waals surface area contributed by atoms with Gasteiger partial charge in [-0.15, -0.1) is 0 Å². The number of nitrogens with two attached hydrogens (primary N) is 1. The molecule has 0 bridgehead atoms. The molecule has 19 heavy (non-hydrogen) atoms. The smallest absolute Gasteiger partial charge is 0.124 e. The Morgan fingerprint density at radius 3 is 2.79 bits per heavy atom. The normalized spacial score (nSPS) is 23.3. The van der Waals surface area contributed by atoms with Crippen LogP contribution in [-0.2, 0) is 0 Å². The average Bonchev–Trinajstić information content (AvgIpc) is 2.42. The molecule has 1 aliphatic rings. The van der Waals surface area contributed by atoms with E-state index in [2.05, 4.69) is 30.0 Å². The number of piperazine rings is 1.